The molecule has 0 heterocycles. The normalized spacial score (nSPS) is 18.7. The quantitative estimate of drug-likeness (QED) is 0.707. The fourth-order valence-electron chi connectivity index (χ4n) is 1.99. The van der Waals surface area contributed by atoms with Gasteiger partial charge in [-0.1, -0.05) is 18.2 Å². The molecule has 73 valence electrons. The van der Waals surface area contributed by atoms with Crippen molar-refractivity contribution in [1.82, 2.24) is 5.23 Å². The summed E-state index contributed by atoms with van der Waals surface area (Å²) in [6.07, 6.45) is 2.80. The van der Waals surface area contributed by atoms with Gasteiger partial charge in [0, 0.05) is 11.1 Å². The second-order valence-electron chi connectivity index (χ2n) is 3.69. The molecule has 0 atom stereocenters. The van der Waals surface area contributed by atoms with Crippen LogP contribution < -0.4 is 5.23 Å². The van der Waals surface area contributed by atoms with Crippen LogP contribution in [-0.4, -0.2) is 12.6 Å². The summed E-state index contributed by atoms with van der Waals surface area (Å²) in [4.78, 5) is 0. The van der Waals surface area contributed by atoms with Crippen LogP contribution in [0.3, 0.4) is 0 Å². The minimum Gasteiger partial charge on any atom is -0.440 e. The maximum atomic E-state index is 13.5. The van der Waals surface area contributed by atoms with Crippen LogP contribution in [0.2, 0.25) is 0 Å². The lowest BCUT2D eigenvalue weighted by molar-refractivity contribution is 0.211. The molecule has 0 aliphatic heterocycles. The van der Waals surface area contributed by atoms with E-state index >= 15 is 0 Å². The number of hydrogen-bond acceptors (Lipinski definition) is 2. The summed E-state index contributed by atoms with van der Waals surface area (Å²) in [6, 6.07) is 6.71. The standard InChI is InChI=1S/C10H12BFNO/c12-9-5-2-1-4-8(9)10(13-11-14)6-3-7-10/h1-2,4-5,13-14H,3,6-7H2. The zero-order valence-corrected chi connectivity index (χ0v) is 7.83. The van der Waals surface area contributed by atoms with Gasteiger partial charge in [0.05, 0.1) is 0 Å². The number of rotatable bonds is 3. The van der Waals surface area contributed by atoms with E-state index in [0.717, 1.165) is 26.9 Å². The molecule has 1 radical (unpaired) electrons. The van der Waals surface area contributed by atoms with Gasteiger partial charge in [-0.05, 0) is 25.3 Å². The first-order valence-corrected chi connectivity index (χ1v) is 4.77. The molecule has 0 amide bonds. The van der Waals surface area contributed by atoms with Crippen LogP contribution >= 0.6 is 0 Å². The smallest absolute Gasteiger partial charge is 0.393 e. The third-order valence-corrected chi connectivity index (χ3v) is 2.94. The minimum absolute atomic E-state index is 0.207. The van der Waals surface area contributed by atoms with Crippen LogP contribution in [0.15, 0.2) is 24.3 Å². The zero-order valence-electron chi connectivity index (χ0n) is 7.83. The van der Waals surface area contributed by atoms with Gasteiger partial charge < -0.3 is 10.3 Å². The molecule has 1 aromatic carbocycles. The predicted molar refractivity (Wildman–Crippen MR) is 53.0 cm³/mol. The van der Waals surface area contributed by atoms with Gasteiger partial charge in [-0.2, -0.15) is 0 Å². The minimum atomic E-state index is -0.375. The Morgan fingerprint density at radius 1 is 1.36 bits per heavy atom. The van der Waals surface area contributed by atoms with Crippen LogP contribution in [-0.2, 0) is 5.54 Å². The van der Waals surface area contributed by atoms with Gasteiger partial charge in [-0.25, -0.2) is 4.39 Å². The lowest BCUT2D eigenvalue weighted by atomic mass is 9.70. The second-order valence-corrected chi connectivity index (χ2v) is 3.69. The van der Waals surface area contributed by atoms with Crippen molar-refractivity contribution in [3.05, 3.63) is 35.6 Å². The van der Waals surface area contributed by atoms with Crippen molar-refractivity contribution in [2.45, 2.75) is 24.8 Å². The zero-order chi connectivity index (χ0) is 10.0. The molecule has 14 heavy (non-hydrogen) atoms. The fraction of sp³-hybridized carbons (Fsp3) is 0.400. The van der Waals surface area contributed by atoms with E-state index in [1.807, 2.05) is 6.07 Å². The monoisotopic (exact) mass is 192 g/mol. The van der Waals surface area contributed by atoms with Crippen molar-refractivity contribution in [1.29, 1.82) is 0 Å². The highest BCUT2D eigenvalue weighted by molar-refractivity contribution is 6.21. The Labute approximate surface area is 83.4 Å². The van der Waals surface area contributed by atoms with Gasteiger partial charge in [-0.15, -0.1) is 0 Å². The van der Waals surface area contributed by atoms with Crippen molar-refractivity contribution in [2.75, 3.05) is 0 Å². The Morgan fingerprint density at radius 2 is 2.07 bits per heavy atom. The van der Waals surface area contributed by atoms with Gasteiger partial charge in [0.25, 0.3) is 0 Å². The molecule has 0 spiro atoms. The van der Waals surface area contributed by atoms with Gasteiger partial charge in [0.15, 0.2) is 0 Å². The van der Waals surface area contributed by atoms with E-state index < -0.39 is 0 Å². The molecule has 1 aliphatic carbocycles. The van der Waals surface area contributed by atoms with Crippen molar-refractivity contribution in [3.63, 3.8) is 0 Å². The lowest BCUT2D eigenvalue weighted by Gasteiger charge is -2.43. The first-order valence-electron chi connectivity index (χ1n) is 4.77. The van der Waals surface area contributed by atoms with Crippen molar-refractivity contribution in [3.8, 4) is 0 Å². The highest BCUT2D eigenvalue weighted by Crippen LogP contribution is 2.41. The van der Waals surface area contributed by atoms with Gasteiger partial charge >= 0.3 is 7.62 Å². The summed E-state index contributed by atoms with van der Waals surface area (Å²) in [5, 5.41) is 11.6. The Hall–Kier alpha value is -0.865. The van der Waals surface area contributed by atoms with Crippen LogP contribution in [0.25, 0.3) is 0 Å². The van der Waals surface area contributed by atoms with E-state index in [-0.39, 0.29) is 11.4 Å². The summed E-state index contributed by atoms with van der Waals surface area (Å²) < 4.78 is 13.5. The van der Waals surface area contributed by atoms with Crippen molar-refractivity contribution < 1.29 is 9.41 Å². The van der Waals surface area contributed by atoms with Crippen LogP contribution in [0.1, 0.15) is 24.8 Å². The second kappa shape index (κ2) is 3.71. The highest BCUT2D eigenvalue weighted by Gasteiger charge is 2.39. The molecule has 1 aliphatic rings. The molecular weight excluding hydrogens is 180 g/mol. The SMILES string of the molecule is O[B]NC1(c2ccccc2F)CCC1. The molecule has 0 aromatic heterocycles. The first-order chi connectivity index (χ1) is 6.78. The maximum absolute atomic E-state index is 13.5. The lowest BCUT2D eigenvalue weighted by Crippen LogP contribution is -2.50. The van der Waals surface area contributed by atoms with Crippen molar-refractivity contribution in [2.24, 2.45) is 0 Å². The molecule has 4 heteroatoms. The Balaban J connectivity index is 2.32. The van der Waals surface area contributed by atoms with E-state index in [2.05, 4.69) is 5.23 Å². The number of hydrogen-bond donors (Lipinski definition) is 2. The van der Waals surface area contributed by atoms with E-state index in [9.17, 15) is 4.39 Å². The molecule has 1 saturated carbocycles. The highest BCUT2D eigenvalue weighted by atomic mass is 19.1. The first kappa shape index (κ1) is 9.68. The Morgan fingerprint density at radius 3 is 2.57 bits per heavy atom. The molecule has 2 N–H and O–H groups in total. The summed E-state index contributed by atoms with van der Waals surface area (Å²) in [5.41, 5.74) is 0.275. The fourth-order valence-corrected chi connectivity index (χ4v) is 1.99. The van der Waals surface area contributed by atoms with E-state index in [1.54, 1.807) is 12.1 Å². The van der Waals surface area contributed by atoms with Crippen LogP contribution in [0, 0.1) is 5.82 Å². The van der Waals surface area contributed by atoms with Crippen LogP contribution in [0.4, 0.5) is 4.39 Å². The van der Waals surface area contributed by atoms with Gasteiger partial charge in [0.2, 0.25) is 0 Å². The number of nitrogens with one attached hydrogen (secondary N) is 1. The maximum Gasteiger partial charge on any atom is 0.393 e. The molecule has 0 unspecified atom stereocenters. The molecule has 2 rings (SSSR count). The number of benzene rings is 1. The Kier molecular flexibility index (Phi) is 2.57. The summed E-state index contributed by atoms with van der Waals surface area (Å²) in [5.74, 6) is -0.207. The molecule has 1 fully saturated rings. The molecular formula is C10H12BFNO. The average molecular weight is 192 g/mol. The largest absolute Gasteiger partial charge is 0.440 e. The molecule has 0 saturated heterocycles. The topological polar surface area (TPSA) is 32.3 Å². The third-order valence-electron chi connectivity index (χ3n) is 2.94. The van der Waals surface area contributed by atoms with E-state index in [4.69, 9.17) is 5.02 Å². The molecule has 1 aromatic rings. The Bertz CT molecular complexity index is 328. The summed E-state index contributed by atoms with van der Waals surface area (Å²) in [6.45, 7) is 0. The predicted octanol–water partition coefficient (Wildman–Crippen LogP) is 1.32. The summed E-state index contributed by atoms with van der Waals surface area (Å²) >= 11 is 0. The van der Waals surface area contributed by atoms with Gasteiger partial charge in [-0.3, -0.25) is 0 Å². The average Bonchev–Trinajstić information content (AvgIpc) is 2.13. The van der Waals surface area contributed by atoms with E-state index in [0.29, 0.717) is 5.56 Å². The molecule has 2 nitrogen and oxygen atoms in total. The van der Waals surface area contributed by atoms with Crippen LogP contribution in [0.5, 0.6) is 0 Å². The van der Waals surface area contributed by atoms with Gasteiger partial charge in [0.1, 0.15) is 5.82 Å². The van der Waals surface area contributed by atoms with E-state index in [1.165, 1.54) is 6.07 Å². The van der Waals surface area contributed by atoms with Crippen molar-refractivity contribution >= 4 is 7.62 Å². The third kappa shape index (κ3) is 1.44. The number of halogens is 1. The summed E-state index contributed by atoms with van der Waals surface area (Å²) in [7, 11) is 0.908. The molecule has 0 bridgehead atoms.